The Kier molecular flexibility index (Phi) is 7.16. The fourth-order valence-corrected chi connectivity index (χ4v) is 4.15. The molecule has 2 aliphatic rings. The number of piperidine rings is 1. The van der Waals surface area contributed by atoms with Gasteiger partial charge < -0.3 is 10.1 Å². The van der Waals surface area contributed by atoms with Crippen LogP contribution in [0.3, 0.4) is 0 Å². The fraction of sp³-hybridized carbons (Fsp3) is 0.800. The Morgan fingerprint density at radius 1 is 1.43 bits per heavy atom. The monoisotopic (exact) mass is 367 g/mol. The smallest absolute Gasteiger partial charge is 0.261 e. The van der Waals surface area contributed by atoms with Gasteiger partial charge in [-0.05, 0) is 37.8 Å². The molecule has 23 heavy (non-hydrogen) atoms. The summed E-state index contributed by atoms with van der Waals surface area (Å²) in [5, 5.41) is 6.48. The van der Waals surface area contributed by atoms with Gasteiger partial charge in [-0.25, -0.2) is 13.8 Å². The Labute approximate surface area is 146 Å². The van der Waals surface area contributed by atoms with Gasteiger partial charge in [0.25, 0.3) is 6.43 Å². The highest BCUT2D eigenvalue weighted by Crippen LogP contribution is 2.55. The van der Waals surface area contributed by atoms with E-state index in [4.69, 9.17) is 4.74 Å². The summed E-state index contributed by atoms with van der Waals surface area (Å²) in [7, 11) is 0. The second-order valence-electron chi connectivity index (χ2n) is 6.19. The van der Waals surface area contributed by atoms with Crippen LogP contribution in [0.4, 0.5) is 8.78 Å². The van der Waals surface area contributed by atoms with Crippen molar-refractivity contribution < 1.29 is 13.5 Å². The van der Waals surface area contributed by atoms with E-state index in [9.17, 15) is 8.78 Å². The zero-order valence-corrected chi connectivity index (χ0v) is 14.7. The van der Waals surface area contributed by atoms with Crippen molar-refractivity contribution in [2.75, 3.05) is 32.8 Å². The summed E-state index contributed by atoms with van der Waals surface area (Å²) in [5.74, 6) is 0. The third-order valence-corrected chi connectivity index (χ3v) is 5.54. The van der Waals surface area contributed by atoms with Crippen molar-refractivity contribution in [3.63, 3.8) is 0 Å². The molecule has 1 saturated heterocycles. The Morgan fingerprint density at radius 3 is 2.87 bits per heavy atom. The van der Waals surface area contributed by atoms with Crippen LogP contribution in [0.25, 0.3) is 0 Å². The molecule has 1 saturated carbocycles. The van der Waals surface area contributed by atoms with Crippen LogP contribution in [0.2, 0.25) is 0 Å². The summed E-state index contributed by atoms with van der Waals surface area (Å²) in [6.07, 6.45) is 3.07. The summed E-state index contributed by atoms with van der Waals surface area (Å²) in [6, 6.07) is 0.550. The maximum Gasteiger partial charge on any atom is 0.261 e. The normalized spacial score (nSPS) is 22.5. The number of aromatic nitrogens is 1. The number of ether oxygens (including phenoxy) is 1. The molecule has 1 atom stereocenters. The number of hydrogen-bond donors (Lipinski definition) is 1. The zero-order valence-electron chi connectivity index (χ0n) is 13.0. The number of hydrogen-bond acceptors (Lipinski definition) is 5. The van der Waals surface area contributed by atoms with E-state index >= 15 is 0 Å². The van der Waals surface area contributed by atoms with Gasteiger partial charge in [-0.3, -0.25) is 4.90 Å². The van der Waals surface area contributed by atoms with Crippen molar-refractivity contribution in [2.45, 2.75) is 38.3 Å². The van der Waals surface area contributed by atoms with Gasteiger partial charge in [0.05, 0.1) is 13.2 Å². The van der Waals surface area contributed by atoms with E-state index in [0.717, 1.165) is 24.6 Å². The number of nitrogens with one attached hydrogen (secondary N) is 1. The number of rotatable bonds is 8. The molecule has 1 aliphatic heterocycles. The van der Waals surface area contributed by atoms with Crippen LogP contribution >= 0.6 is 23.7 Å². The average molecular weight is 368 g/mol. The van der Waals surface area contributed by atoms with Gasteiger partial charge >= 0.3 is 0 Å². The highest BCUT2D eigenvalue weighted by atomic mass is 35.5. The van der Waals surface area contributed by atoms with Gasteiger partial charge in [-0.2, -0.15) is 0 Å². The van der Waals surface area contributed by atoms with Crippen molar-refractivity contribution >= 4 is 23.7 Å². The minimum absolute atomic E-state index is 0. The topological polar surface area (TPSA) is 37.4 Å². The van der Waals surface area contributed by atoms with Crippen LogP contribution in [0.1, 0.15) is 24.3 Å². The Morgan fingerprint density at radius 2 is 2.22 bits per heavy atom. The van der Waals surface area contributed by atoms with Gasteiger partial charge in [0.1, 0.15) is 11.6 Å². The summed E-state index contributed by atoms with van der Waals surface area (Å²) >= 11 is 1.65. The quantitative estimate of drug-likeness (QED) is 0.717. The van der Waals surface area contributed by atoms with Gasteiger partial charge in [0.15, 0.2) is 0 Å². The summed E-state index contributed by atoms with van der Waals surface area (Å²) < 4.78 is 29.4. The third kappa shape index (κ3) is 5.06. The van der Waals surface area contributed by atoms with E-state index in [2.05, 4.69) is 15.2 Å². The Hall–Kier alpha value is -0.340. The molecule has 1 aliphatic carbocycles. The molecule has 0 radical (unpaired) electrons. The van der Waals surface area contributed by atoms with E-state index in [1.165, 1.54) is 19.3 Å². The highest BCUT2D eigenvalue weighted by Gasteiger charge is 2.56. The van der Waals surface area contributed by atoms with Crippen molar-refractivity contribution in [3.8, 4) is 0 Å². The van der Waals surface area contributed by atoms with Crippen LogP contribution in [-0.4, -0.2) is 55.2 Å². The van der Waals surface area contributed by atoms with Crippen LogP contribution in [0.5, 0.6) is 0 Å². The molecule has 132 valence electrons. The predicted molar refractivity (Wildman–Crippen MR) is 89.5 cm³/mol. The highest BCUT2D eigenvalue weighted by molar-refractivity contribution is 7.09. The number of halogens is 3. The minimum atomic E-state index is -2.39. The molecule has 1 spiro atoms. The Bertz CT molecular complexity index is 458. The zero-order chi connectivity index (χ0) is 15.4. The molecule has 3 rings (SSSR count). The molecule has 1 unspecified atom stereocenters. The van der Waals surface area contributed by atoms with E-state index in [1.54, 1.807) is 11.3 Å². The predicted octanol–water partition coefficient (Wildman–Crippen LogP) is 2.79. The van der Waals surface area contributed by atoms with Crippen LogP contribution in [-0.2, 0) is 11.3 Å². The summed E-state index contributed by atoms with van der Waals surface area (Å²) in [6.45, 7) is 3.57. The molecular formula is C15H24ClF2N3OS. The van der Waals surface area contributed by atoms with Crippen molar-refractivity contribution in [2.24, 2.45) is 5.41 Å². The first-order valence-electron chi connectivity index (χ1n) is 7.89. The lowest BCUT2D eigenvalue weighted by Crippen LogP contribution is -2.37. The fourth-order valence-electron chi connectivity index (χ4n) is 3.51. The van der Waals surface area contributed by atoms with Crippen molar-refractivity contribution in [1.29, 1.82) is 0 Å². The molecule has 1 aromatic heterocycles. The van der Waals surface area contributed by atoms with E-state index in [1.807, 2.05) is 11.6 Å². The molecule has 0 amide bonds. The lowest BCUT2D eigenvalue weighted by molar-refractivity contribution is 0.00672. The molecule has 1 N–H and O–H groups in total. The van der Waals surface area contributed by atoms with Crippen LogP contribution in [0, 0.1) is 5.41 Å². The molecule has 2 heterocycles. The van der Waals surface area contributed by atoms with Crippen LogP contribution < -0.4 is 5.32 Å². The summed E-state index contributed by atoms with van der Waals surface area (Å²) in [5.41, 5.74) is 0.436. The van der Waals surface area contributed by atoms with Gasteiger partial charge in [0, 0.05) is 24.2 Å². The molecule has 0 bridgehead atoms. The van der Waals surface area contributed by atoms with Crippen molar-refractivity contribution in [3.05, 3.63) is 16.6 Å². The standard InChI is InChI=1S/C15H23F2N3OS.ClH/c16-13(17)11-21-7-6-20(10-14-19-5-8-22-14)12-9-15(12)1-3-18-4-2-15;/h5,8,12-13,18H,1-4,6-7,9-11H2;1H. The second-order valence-corrected chi connectivity index (χ2v) is 7.17. The maximum absolute atomic E-state index is 12.2. The molecule has 8 heteroatoms. The van der Waals surface area contributed by atoms with E-state index in [-0.39, 0.29) is 12.4 Å². The number of alkyl halides is 2. The Balaban J connectivity index is 0.00000192. The summed E-state index contributed by atoms with van der Waals surface area (Å²) in [4.78, 5) is 6.74. The maximum atomic E-state index is 12.2. The third-order valence-electron chi connectivity index (χ3n) is 4.78. The molecule has 0 aromatic carbocycles. The SMILES string of the molecule is Cl.FC(F)COCCN(Cc1nccs1)C1CC12CCNCC2. The lowest BCUT2D eigenvalue weighted by atomic mass is 9.93. The number of nitrogens with zero attached hydrogens (tertiary/aromatic N) is 2. The largest absolute Gasteiger partial charge is 0.374 e. The van der Waals surface area contributed by atoms with Gasteiger partial charge in [0.2, 0.25) is 0 Å². The van der Waals surface area contributed by atoms with Crippen LogP contribution in [0.15, 0.2) is 11.6 Å². The van der Waals surface area contributed by atoms with Crippen molar-refractivity contribution in [1.82, 2.24) is 15.2 Å². The number of thiazole rings is 1. The molecule has 1 aromatic rings. The minimum Gasteiger partial charge on any atom is -0.374 e. The molecular weight excluding hydrogens is 344 g/mol. The molecule has 4 nitrogen and oxygen atoms in total. The average Bonchev–Trinajstić information content (AvgIpc) is 2.96. The first-order chi connectivity index (χ1) is 10.7. The first-order valence-corrected chi connectivity index (χ1v) is 8.77. The second kappa shape index (κ2) is 8.67. The first kappa shape index (κ1) is 19.0. The van der Waals surface area contributed by atoms with Gasteiger partial charge in [-0.1, -0.05) is 0 Å². The van der Waals surface area contributed by atoms with E-state index < -0.39 is 13.0 Å². The van der Waals surface area contributed by atoms with E-state index in [0.29, 0.717) is 24.6 Å². The van der Waals surface area contributed by atoms with Gasteiger partial charge in [-0.15, -0.1) is 23.7 Å². The molecule has 2 fully saturated rings. The lowest BCUT2D eigenvalue weighted by Gasteiger charge is -2.29.